The van der Waals surface area contributed by atoms with Gasteiger partial charge in [0.05, 0.1) is 17.6 Å². The molecule has 2 aromatic rings. The molecule has 0 saturated carbocycles. The zero-order valence-electron chi connectivity index (χ0n) is 12.6. The average Bonchev–Trinajstić information content (AvgIpc) is 2.67. The Morgan fingerprint density at radius 3 is 3.00 bits per heavy atom. The van der Waals surface area contributed by atoms with Crippen LogP contribution in [0, 0.1) is 12.3 Å². The lowest BCUT2D eigenvalue weighted by Crippen LogP contribution is -2.41. The highest BCUT2D eigenvalue weighted by Crippen LogP contribution is 2.36. The number of fused-ring (bicyclic) bond motifs is 1. The Balaban J connectivity index is 1.89. The first kappa shape index (κ1) is 13.7. The number of nitrogens with one attached hydrogen (secondary N) is 1. The number of pyridine rings is 1. The van der Waals surface area contributed by atoms with E-state index in [-0.39, 0.29) is 0 Å². The molecule has 0 spiro atoms. The summed E-state index contributed by atoms with van der Waals surface area (Å²) in [5.41, 5.74) is 3.43. The summed E-state index contributed by atoms with van der Waals surface area (Å²) in [6.07, 6.45) is 3.19. The van der Waals surface area contributed by atoms with E-state index in [2.05, 4.69) is 35.3 Å². The Morgan fingerprint density at radius 2 is 2.25 bits per heavy atom. The summed E-state index contributed by atoms with van der Waals surface area (Å²) in [5.74, 6) is 2.43. The fourth-order valence-electron chi connectivity index (χ4n) is 2.76. The van der Waals surface area contributed by atoms with Crippen molar-refractivity contribution in [2.45, 2.75) is 33.2 Å². The minimum Gasteiger partial charge on any atom is -0.380 e. The summed E-state index contributed by atoms with van der Waals surface area (Å²) in [5, 5.41) is 9.25. The van der Waals surface area contributed by atoms with Crippen molar-refractivity contribution in [3.05, 3.63) is 18.0 Å². The first-order chi connectivity index (χ1) is 9.47. The van der Waals surface area contributed by atoms with Crippen LogP contribution in [0.25, 0.3) is 11.0 Å². The molecule has 5 heteroatoms. The highest BCUT2D eigenvalue weighted by molar-refractivity contribution is 7.99. The van der Waals surface area contributed by atoms with Crippen LogP contribution >= 0.6 is 11.8 Å². The fraction of sp³-hybridized carbons (Fsp3) is 0.600. The molecule has 0 aromatic carbocycles. The quantitative estimate of drug-likeness (QED) is 0.922. The van der Waals surface area contributed by atoms with Crippen LogP contribution in [-0.4, -0.2) is 32.3 Å². The molecule has 0 aliphatic carbocycles. The highest BCUT2D eigenvalue weighted by atomic mass is 32.2. The van der Waals surface area contributed by atoms with E-state index in [1.165, 1.54) is 12.2 Å². The highest BCUT2D eigenvalue weighted by Gasteiger charge is 2.32. The Bertz CT molecular complexity index is 632. The van der Waals surface area contributed by atoms with E-state index in [0.29, 0.717) is 11.5 Å². The van der Waals surface area contributed by atoms with Gasteiger partial charge in [-0.3, -0.25) is 4.68 Å². The number of hydrogen-bond acceptors (Lipinski definition) is 4. The molecule has 0 bridgehead atoms. The minimum absolute atomic E-state index is 0.337. The SMILES string of the molecule is Cc1nn(C)c2ncc(NC3CSCCC3(C)C)cc12. The van der Waals surface area contributed by atoms with E-state index in [0.717, 1.165) is 28.2 Å². The Kier molecular flexibility index (Phi) is 3.40. The third-order valence-electron chi connectivity index (χ3n) is 4.32. The Hall–Kier alpha value is -1.23. The number of thioether (sulfide) groups is 1. The van der Waals surface area contributed by atoms with Gasteiger partial charge in [0.2, 0.25) is 0 Å². The van der Waals surface area contributed by atoms with Crippen molar-refractivity contribution >= 4 is 28.5 Å². The predicted octanol–water partition coefficient (Wildman–Crippen LogP) is 3.22. The number of hydrogen-bond donors (Lipinski definition) is 1. The largest absolute Gasteiger partial charge is 0.380 e. The van der Waals surface area contributed by atoms with Crippen LogP contribution < -0.4 is 5.32 Å². The van der Waals surface area contributed by atoms with E-state index < -0.39 is 0 Å². The smallest absolute Gasteiger partial charge is 0.157 e. The first-order valence-corrected chi connectivity index (χ1v) is 8.26. The molecule has 1 atom stereocenters. The van der Waals surface area contributed by atoms with Crippen LogP contribution in [-0.2, 0) is 7.05 Å². The van der Waals surface area contributed by atoms with Gasteiger partial charge in [-0.05, 0) is 30.6 Å². The fourth-order valence-corrected chi connectivity index (χ4v) is 4.37. The van der Waals surface area contributed by atoms with Gasteiger partial charge in [-0.2, -0.15) is 16.9 Å². The van der Waals surface area contributed by atoms with E-state index in [4.69, 9.17) is 0 Å². The molecule has 2 aromatic heterocycles. The second kappa shape index (κ2) is 4.95. The second-order valence-electron chi connectivity index (χ2n) is 6.31. The van der Waals surface area contributed by atoms with Gasteiger partial charge in [-0.25, -0.2) is 4.98 Å². The molecule has 20 heavy (non-hydrogen) atoms. The van der Waals surface area contributed by atoms with Crippen LogP contribution in [0.2, 0.25) is 0 Å². The summed E-state index contributed by atoms with van der Waals surface area (Å²) in [4.78, 5) is 4.55. The van der Waals surface area contributed by atoms with Gasteiger partial charge in [0.15, 0.2) is 5.65 Å². The van der Waals surface area contributed by atoms with Crippen molar-refractivity contribution in [3.63, 3.8) is 0 Å². The van der Waals surface area contributed by atoms with Crippen LogP contribution in [0.1, 0.15) is 26.0 Å². The minimum atomic E-state index is 0.337. The molecule has 3 rings (SSSR count). The van der Waals surface area contributed by atoms with Gasteiger partial charge < -0.3 is 5.32 Å². The molecule has 1 aliphatic heterocycles. The average molecular weight is 290 g/mol. The molecule has 1 unspecified atom stereocenters. The first-order valence-electron chi connectivity index (χ1n) is 7.11. The third-order valence-corrected chi connectivity index (χ3v) is 5.38. The van der Waals surface area contributed by atoms with Crippen molar-refractivity contribution < 1.29 is 0 Å². The van der Waals surface area contributed by atoms with Crippen molar-refractivity contribution in [2.24, 2.45) is 12.5 Å². The maximum absolute atomic E-state index is 4.55. The van der Waals surface area contributed by atoms with Gasteiger partial charge in [0.1, 0.15) is 0 Å². The summed E-state index contributed by atoms with van der Waals surface area (Å²) < 4.78 is 1.84. The topological polar surface area (TPSA) is 42.7 Å². The second-order valence-corrected chi connectivity index (χ2v) is 7.46. The number of aromatic nitrogens is 3. The molecule has 3 heterocycles. The molecule has 1 saturated heterocycles. The predicted molar refractivity (Wildman–Crippen MR) is 86.4 cm³/mol. The van der Waals surface area contributed by atoms with Crippen molar-refractivity contribution in [3.8, 4) is 0 Å². The van der Waals surface area contributed by atoms with Crippen molar-refractivity contribution in [1.82, 2.24) is 14.8 Å². The standard InChI is InChI=1S/C15H22N4S/c1-10-12-7-11(8-16-14(12)19(4)18-10)17-13-9-20-6-5-15(13,2)3/h7-8,13,17H,5-6,9H2,1-4H3. The lowest BCUT2D eigenvalue weighted by Gasteiger charge is -2.39. The molecule has 0 amide bonds. The number of rotatable bonds is 2. The molecule has 108 valence electrons. The van der Waals surface area contributed by atoms with Crippen molar-refractivity contribution in [1.29, 1.82) is 0 Å². The molecule has 4 nitrogen and oxygen atoms in total. The van der Waals surface area contributed by atoms with E-state index in [1.54, 1.807) is 0 Å². The summed E-state index contributed by atoms with van der Waals surface area (Å²) in [7, 11) is 1.94. The molecular weight excluding hydrogens is 268 g/mol. The van der Waals surface area contributed by atoms with Gasteiger partial charge >= 0.3 is 0 Å². The number of anilines is 1. The van der Waals surface area contributed by atoms with Crippen LogP contribution in [0.15, 0.2) is 12.3 Å². The normalized spacial score (nSPS) is 22.1. The van der Waals surface area contributed by atoms with Crippen molar-refractivity contribution in [2.75, 3.05) is 16.8 Å². The van der Waals surface area contributed by atoms with E-state index >= 15 is 0 Å². The summed E-state index contributed by atoms with van der Waals surface area (Å²) in [6.45, 7) is 6.74. The molecule has 0 radical (unpaired) electrons. The maximum Gasteiger partial charge on any atom is 0.157 e. The molecule has 1 N–H and O–H groups in total. The zero-order valence-corrected chi connectivity index (χ0v) is 13.4. The van der Waals surface area contributed by atoms with Crippen LogP contribution in [0.5, 0.6) is 0 Å². The molecule has 1 fully saturated rings. The Morgan fingerprint density at radius 1 is 1.45 bits per heavy atom. The van der Waals surface area contributed by atoms with Crippen LogP contribution in [0.3, 0.4) is 0 Å². The van der Waals surface area contributed by atoms with Gasteiger partial charge in [0.25, 0.3) is 0 Å². The van der Waals surface area contributed by atoms with E-state index in [1.807, 2.05) is 36.6 Å². The lowest BCUT2D eigenvalue weighted by molar-refractivity contribution is 0.305. The monoisotopic (exact) mass is 290 g/mol. The molecule has 1 aliphatic rings. The van der Waals surface area contributed by atoms with Gasteiger partial charge in [-0.15, -0.1) is 0 Å². The Labute approximate surface area is 124 Å². The van der Waals surface area contributed by atoms with E-state index in [9.17, 15) is 0 Å². The van der Waals surface area contributed by atoms with Gasteiger partial charge in [-0.1, -0.05) is 13.8 Å². The lowest BCUT2D eigenvalue weighted by atomic mass is 9.82. The summed E-state index contributed by atoms with van der Waals surface area (Å²) >= 11 is 2.04. The van der Waals surface area contributed by atoms with Crippen LogP contribution in [0.4, 0.5) is 5.69 Å². The van der Waals surface area contributed by atoms with Gasteiger partial charge in [0, 0.05) is 24.2 Å². The summed E-state index contributed by atoms with van der Waals surface area (Å²) in [6, 6.07) is 2.68. The maximum atomic E-state index is 4.55. The number of nitrogens with zero attached hydrogens (tertiary/aromatic N) is 3. The third kappa shape index (κ3) is 2.39. The molecular formula is C15H22N4S. The number of aryl methyl sites for hydroxylation is 2. The zero-order chi connectivity index (χ0) is 14.3.